The molecule has 4 rings (SSSR count). The van der Waals surface area contributed by atoms with Crippen molar-refractivity contribution in [2.75, 3.05) is 7.11 Å². The highest BCUT2D eigenvalue weighted by atomic mass is 16.7. The van der Waals surface area contributed by atoms with E-state index in [4.69, 9.17) is 13.9 Å². The molecule has 1 fully saturated rings. The van der Waals surface area contributed by atoms with E-state index < -0.39 is 36.7 Å². The van der Waals surface area contributed by atoms with E-state index in [-0.39, 0.29) is 11.2 Å². The molecular formula is C19H17NO9. The van der Waals surface area contributed by atoms with Crippen LogP contribution < -0.4 is 10.2 Å². The second kappa shape index (κ2) is 7.41. The summed E-state index contributed by atoms with van der Waals surface area (Å²) in [5.74, 6) is -0.452. The SMILES string of the molecule is COC(=O)C1O[C@@H](Oc2ccc3nc4ccc(=O)cc-4oc3c2)[C@H](O)[C@H](O)[C@@H]1O. The first-order chi connectivity index (χ1) is 13.9. The molecule has 10 heteroatoms. The fourth-order valence-corrected chi connectivity index (χ4v) is 3.05. The van der Waals surface area contributed by atoms with Gasteiger partial charge in [-0.2, -0.15) is 0 Å². The molecule has 1 aliphatic carbocycles. The molecular weight excluding hydrogens is 386 g/mol. The fourth-order valence-electron chi connectivity index (χ4n) is 3.05. The summed E-state index contributed by atoms with van der Waals surface area (Å²) in [5.41, 5.74) is 1.08. The quantitative estimate of drug-likeness (QED) is 0.391. The van der Waals surface area contributed by atoms with Gasteiger partial charge in [-0.05, 0) is 24.3 Å². The Morgan fingerprint density at radius 1 is 1.07 bits per heavy atom. The van der Waals surface area contributed by atoms with Gasteiger partial charge >= 0.3 is 5.97 Å². The van der Waals surface area contributed by atoms with Gasteiger partial charge in [0.1, 0.15) is 35.3 Å². The zero-order valence-corrected chi connectivity index (χ0v) is 15.1. The number of hydrogen-bond donors (Lipinski definition) is 3. The lowest BCUT2D eigenvalue weighted by atomic mass is 9.99. The van der Waals surface area contributed by atoms with E-state index in [9.17, 15) is 24.9 Å². The van der Waals surface area contributed by atoms with Crippen LogP contribution in [0.3, 0.4) is 0 Å². The van der Waals surface area contributed by atoms with Crippen molar-refractivity contribution >= 4 is 17.1 Å². The molecule has 0 amide bonds. The van der Waals surface area contributed by atoms with Gasteiger partial charge in [0.2, 0.25) is 6.29 Å². The van der Waals surface area contributed by atoms with Gasteiger partial charge < -0.3 is 33.9 Å². The van der Waals surface area contributed by atoms with Crippen LogP contribution in [-0.4, -0.2) is 64.1 Å². The van der Waals surface area contributed by atoms with Crippen LogP contribution in [0.1, 0.15) is 0 Å². The first-order valence-electron chi connectivity index (χ1n) is 8.66. The van der Waals surface area contributed by atoms with Crippen molar-refractivity contribution in [3.8, 4) is 17.2 Å². The topological polar surface area (TPSA) is 149 Å². The number of aromatic nitrogens is 1. The van der Waals surface area contributed by atoms with Crippen LogP contribution in [0.25, 0.3) is 22.6 Å². The monoisotopic (exact) mass is 403 g/mol. The molecule has 0 bridgehead atoms. The molecule has 3 aliphatic rings. The van der Waals surface area contributed by atoms with E-state index in [0.717, 1.165) is 7.11 Å². The summed E-state index contributed by atoms with van der Waals surface area (Å²) in [6.45, 7) is 0. The molecule has 0 aromatic heterocycles. The Bertz CT molecular complexity index is 1080. The summed E-state index contributed by atoms with van der Waals surface area (Å²) in [6, 6.07) is 8.82. The number of aliphatic hydroxyl groups is 3. The predicted octanol–water partition coefficient (Wildman–Crippen LogP) is -0.348. The molecule has 10 nitrogen and oxygen atoms in total. The Morgan fingerprint density at radius 2 is 1.86 bits per heavy atom. The van der Waals surface area contributed by atoms with Crippen molar-refractivity contribution in [3.05, 3.63) is 46.6 Å². The van der Waals surface area contributed by atoms with Crippen LogP contribution in [0.4, 0.5) is 0 Å². The third-order valence-electron chi connectivity index (χ3n) is 4.58. The Labute approximate surface area is 163 Å². The molecule has 29 heavy (non-hydrogen) atoms. The first kappa shape index (κ1) is 19.3. The van der Waals surface area contributed by atoms with E-state index in [0.29, 0.717) is 22.6 Å². The standard InChI is InChI=1S/C19H17NO9/c1-26-18(25)17-15(23)14(22)16(24)19(29-17)27-9-3-5-11-13(7-9)28-12-6-8(21)2-4-10(12)20-11/h2-7,14-17,19,22-24H,1H3/t14-,15+,16-,17?,19-/m1/s1. The Kier molecular flexibility index (Phi) is 4.92. The highest BCUT2D eigenvalue weighted by Crippen LogP contribution is 2.29. The number of nitrogens with zero attached hydrogens (tertiary/aromatic N) is 1. The van der Waals surface area contributed by atoms with Crippen LogP contribution in [-0.2, 0) is 14.3 Å². The third-order valence-corrected chi connectivity index (χ3v) is 4.58. The second-order valence-corrected chi connectivity index (χ2v) is 6.51. The normalized spacial score (nSPS) is 27.1. The number of methoxy groups -OCH3 is 1. The second-order valence-electron chi connectivity index (χ2n) is 6.51. The number of benzene rings is 2. The minimum absolute atomic E-state index is 0.178. The van der Waals surface area contributed by atoms with Gasteiger partial charge in [-0.3, -0.25) is 4.79 Å². The molecule has 1 unspecified atom stereocenters. The Hall–Kier alpha value is -3.05. The predicted molar refractivity (Wildman–Crippen MR) is 96.2 cm³/mol. The number of esters is 1. The largest absolute Gasteiger partial charge is 0.467 e. The average molecular weight is 403 g/mol. The molecule has 0 spiro atoms. The van der Waals surface area contributed by atoms with Gasteiger partial charge in [0.15, 0.2) is 22.9 Å². The summed E-state index contributed by atoms with van der Waals surface area (Å²) in [4.78, 5) is 27.7. The van der Waals surface area contributed by atoms with Gasteiger partial charge in [-0.1, -0.05) is 0 Å². The summed E-state index contributed by atoms with van der Waals surface area (Å²) >= 11 is 0. The molecule has 0 saturated carbocycles. The summed E-state index contributed by atoms with van der Waals surface area (Å²) in [5, 5.41) is 30.1. The highest BCUT2D eigenvalue weighted by molar-refractivity contribution is 5.77. The Morgan fingerprint density at radius 3 is 2.62 bits per heavy atom. The minimum Gasteiger partial charge on any atom is -0.467 e. The van der Waals surface area contributed by atoms with Crippen molar-refractivity contribution < 1.29 is 38.7 Å². The number of hydrogen-bond acceptors (Lipinski definition) is 10. The van der Waals surface area contributed by atoms with Crippen LogP contribution in [0.2, 0.25) is 0 Å². The van der Waals surface area contributed by atoms with Crippen molar-refractivity contribution in [2.24, 2.45) is 0 Å². The zero-order valence-electron chi connectivity index (χ0n) is 15.1. The average Bonchev–Trinajstić information content (AvgIpc) is 2.72. The van der Waals surface area contributed by atoms with Crippen LogP contribution in [0, 0.1) is 0 Å². The van der Waals surface area contributed by atoms with E-state index in [1.807, 2.05) is 0 Å². The molecule has 152 valence electrons. The molecule has 2 aliphatic heterocycles. The molecule has 1 saturated heterocycles. The lowest BCUT2D eigenvalue weighted by Gasteiger charge is -2.38. The van der Waals surface area contributed by atoms with Crippen LogP contribution in [0.15, 0.2) is 45.6 Å². The molecule has 2 heterocycles. The van der Waals surface area contributed by atoms with Crippen LogP contribution >= 0.6 is 0 Å². The molecule has 1 aromatic carbocycles. The fraction of sp³-hybridized carbons (Fsp3) is 0.316. The van der Waals surface area contributed by atoms with E-state index >= 15 is 0 Å². The van der Waals surface area contributed by atoms with Gasteiger partial charge in [-0.25, -0.2) is 9.78 Å². The van der Waals surface area contributed by atoms with E-state index in [1.165, 1.54) is 24.3 Å². The van der Waals surface area contributed by atoms with E-state index in [2.05, 4.69) is 9.72 Å². The molecule has 0 radical (unpaired) electrons. The molecule has 1 aromatic rings. The number of carbonyl (C=O) groups excluding carboxylic acids is 1. The summed E-state index contributed by atoms with van der Waals surface area (Å²) in [7, 11) is 1.10. The minimum atomic E-state index is -1.69. The number of ether oxygens (including phenoxy) is 3. The number of carbonyl (C=O) groups is 1. The van der Waals surface area contributed by atoms with Crippen molar-refractivity contribution in [3.63, 3.8) is 0 Å². The van der Waals surface area contributed by atoms with Gasteiger partial charge in [-0.15, -0.1) is 0 Å². The maximum Gasteiger partial charge on any atom is 0.337 e. The zero-order chi connectivity index (χ0) is 20.7. The Balaban J connectivity index is 1.64. The van der Waals surface area contributed by atoms with Gasteiger partial charge in [0.05, 0.1) is 7.11 Å². The maximum absolute atomic E-state index is 11.7. The van der Waals surface area contributed by atoms with Gasteiger partial charge in [0, 0.05) is 12.1 Å². The van der Waals surface area contributed by atoms with Crippen LogP contribution in [0.5, 0.6) is 5.75 Å². The summed E-state index contributed by atoms with van der Waals surface area (Å²) in [6.07, 6.45) is -7.99. The molecule has 5 atom stereocenters. The lowest BCUT2D eigenvalue weighted by molar-refractivity contribution is -0.271. The lowest BCUT2D eigenvalue weighted by Crippen LogP contribution is -2.61. The van der Waals surface area contributed by atoms with E-state index in [1.54, 1.807) is 12.1 Å². The third kappa shape index (κ3) is 3.54. The number of fused-ring (bicyclic) bond motifs is 2. The summed E-state index contributed by atoms with van der Waals surface area (Å²) < 4.78 is 21.1. The van der Waals surface area contributed by atoms with Crippen molar-refractivity contribution in [1.82, 2.24) is 4.98 Å². The smallest absolute Gasteiger partial charge is 0.337 e. The van der Waals surface area contributed by atoms with Crippen molar-refractivity contribution in [1.29, 1.82) is 0 Å². The highest BCUT2D eigenvalue weighted by Gasteiger charge is 2.48. The first-order valence-corrected chi connectivity index (χ1v) is 8.66. The maximum atomic E-state index is 11.7. The molecule has 3 N–H and O–H groups in total. The van der Waals surface area contributed by atoms with Gasteiger partial charge in [0.25, 0.3) is 0 Å². The van der Waals surface area contributed by atoms with Crippen molar-refractivity contribution in [2.45, 2.75) is 30.7 Å². The number of rotatable bonds is 3. The number of aliphatic hydroxyl groups excluding tert-OH is 3.